The molecule has 0 bridgehead atoms. The summed E-state index contributed by atoms with van der Waals surface area (Å²) in [5, 5.41) is 7.72. The second-order valence-electron chi connectivity index (χ2n) is 6.49. The van der Waals surface area contributed by atoms with E-state index in [0.717, 1.165) is 47.4 Å². The molecule has 0 aromatic carbocycles. The molecule has 4 aromatic heterocycles. The maximum atomic E-state index is 12.7. The molecule has 1 aliphatic heterocycles. The van der Waals surface area contributed by atoms with Gasteiger partial charge in [0.15, 0.2) is 5.65 Å². The molecular weight excluding hydrogens is 352 g/mol. The van der Waals surface area contributed by atoms with E-state index < -0.39 is 0 Å². The van der Waals surface area contributed by atoms with Crippen LogP contribution in [0.15, 0.2) is 47.5 Å². The fraction of sp³-hybridized carbons (Fsp3) is 0.278. The predicted molar refractivity (Wildman–Crippen MR) is 103 cm³/mol. The van der Waals surface area contributed by atoms with Crippen LogP contribution in [0.3, 0.4) is 0 Å². The van der Waals surface area contributed by atoms with Gasteiger partial charge in [0.1, 0.15) is 0 Å². The Morgan fingerprint density at radius 2 is 2.08 bits per heavy atom. The van der Waals surface area contributed by atoms with E-state index in [2.05, 4.69) is 10.4 Å². The summed E-state index contributed by atoms with van der Waals surface area (Å²) in [5.74, 6) is 0. The summed E-state index contributed by atoms with van der Waals surface area (Å²) in [5.41, 5.74) is 4.40. The van der Waals surface area contributed by atoms with Gasteiger partial charge in [-0.15, -0.1) is 12.4 Å². The zero-order valence-corrected chi connectivity index (χ0v) is 15.1. The summed E-state index contributed by atoms with van der Waals surface area (Å²) in [6.07, 6.45) is 4.69. The number of rotatable bonds is 2. The number of imidazole rings is 1. The van der Waals surface area contributed by atoms with Crippen molar-refractivity contribution in [2.75, 3.05) is 13.1 Å². The molecule has 0 unspecified atom stereocenters. The van der Waals surface area contributed by atoms with Gasteiger partial charge in [-0.1, -0.05) is 6.07 Å². The highest BCUT2D eigenvalue weighted by atomic mass is 35.5. The van der Waals surface area contributed by atoms with Crippen molar-refractivity contribution in [2.24, 2.45) is 7.05 Å². The zero-order chi connectivity index (χ0) is 17.0. The van der Waals surface area contributed by atoms with Crippen LogP contribution in [0.25, 0.3) is 27.9 Å². The number of nitrogens with one attached hydrogen (secondary N) is 1. The number of nitrogens with zero attached hydrogens (tertiary/aromatic N) is 5. The lowest BCUT2D eigenvalue weighted by molar-refractivity contribution is 0.532. The molecule has 134 valence electrons. The molecule has 5 heterocycles. The summed E-state index contributed by atoms with van der Waals surface area (Å²) < 4.78 is 5.35. The van der Waals surface area contributed by atoms with Crippen LogP contribution in [0, 0.1) is 0 Å². The molecular formula is C18H19ClN6O. The molecule has 7 nitrogen and oxygen atoms in total. The van der Waals surface area contributed by atoms with Gasteiger partial charge in [0.25, 0.3) is 0 Å². The van der Waals surface area contributed by atoms with Gasteiger partial charge < -0.3 is 5.32 Å². The highest BCUT2D eigenvalue weighted by Gasteiger charge is 2.23. The van der Waals surface area contributed by atoms with Crippen LogP contribution in [0.2, 0.25) is 0 Å². The van der Waals surface area contributed by atoms with E-state index in [0.29, 0.717) is 0 Å². The van der Waals surface area contributed by atoms with Crippen molar-refractivity contribution < 1.29 is 0 Å². The highest BCUT2D eigenvalue weighted by molar-refractivity contribution is 5.85. The van der Waals surface area contributed by atoms with Crippen LogP contribution in [0.1, 0.15) is 12.5 Å². The first kappa shape index (κ1) is 16.8. The minimum atomic E-state index is -0.00628. The molecule has 0 spiro atoms. The molecule has 5 rings (SSSR count). The average Bonchev–Trinajstić information content (AvgIpc) is 3.35. The quantitative estimate of drug-likeness (QED) is 0.586. The summed E-state index contributed by atoms with van der Waals surface area (Å²) >= 11 is 0. The van der Waals surface area contributed by atoms with E-state index in [1.807, 2.05) is 51.8 Å². The monoisotopic (exact) mass is 370 g/mol. The number of halogens is 1. The van der Waals surface area contributed by atoms with Crippen LogP contribution >= 0.6 is 12.4 Å². The number of aromatic nitrogens is 5. The molecule has 0 saturated carbocycles. The minimum absolute atomic E-state index is 0. The normalized spacial score (nSPS) is 17.0. The molecule has 26 heavy (non-hydrogen) atoms. The number of fused-ring (bicyclic) bond motifs is 2. The number of pyridine rings is 2. The van der Waals surface area contributed by atoms with Crippen molar-refractivity contribution in [1.82, 2.24) is 29.0 Å². The SMILES string of the molecule is Cl.Cn1c(=O)n([C@H]2CCNC2)c2nc(-c3cnn4ccccc34)ccc21. The van der Waals surface area contributed by atoms with Gasteiger partial charge in [0.05, 0.1) is 29.0 Å². The Labute approximate surface area is 155 Å². The maximum Gasteiger partial charge on any atom is 0.330 e. The topological polar surface area (TPSA) is 69.2 Å². The maximum absolute atomic E-state index is 12.7. The van der Waals surface area contributed by atoms with E-state index in [1.165, 1.54) is 0 Å². The average molecular weight is 371 g/mol. The number of hydrogen-bond donors (Lipinski definition) is 1. The lowest BCUT2D eigenvalue weighted by atomic mass is 10.2. The molecule has 4 aromatic rings. The van der Waals surface area contributed by atoms with E-state index in [9.17, 15) is 4.79 Å². The largest absolute Gasteiger partial charge is 0.330 e. The second kappa shape index (κ2) is 6.26. The van der Waals surface area contributed by atoms with Crippen LogP contribution in [-0.4, -0.2) is 36.8 Å². The standard InChI is InChI=1S/C18H18N6O.ClH/c1-22-16-6-5-14(13-11-20-23-9-3-2-4-15(13)23)21-17(16)24(18(22)25)12-7-8-19-10-12;/h2-6,9,11-12,19H,7-8,10H2,1H3;1H/t12-;/m0./s1. The summed E-state index contributed by atoms with van der Waals surface area (Å²) in [4.78, 5) is 17.6. The van der Waals surface area contributed by atoms with Crippen LogP contribution in [-0.2, 0) is 7.05 Å². The van der Waals surface area contributed by atoms with E-state index in [-0.39, 0.29) is 24.1 Å². The zero-order valence-electron chi connectivity index (χ0n) is 14.3. The predicted octanol–water partition coefficient (Wildman–Crippen LogP) is 2.01. The van der Waals surface area contributed by atoms with Crippen molar-refractivity contribution in [3.05, 3.63) is 53.2 Å². The van der Waals surface area contributed by atoms with E-state index in [1.54, 1.807) is 11.6 Å². The van der Waals surface area contributed by atoms with Crippen molar-refractivity contribution >= 4 is 29.1 Å². The Hall–Kier alpha value is -2.64. The molecule has 1 atom stereocenters. The third-order valence-electron chi connectivity index (χ3n) is 5.04. The fourth-order valence-electron chi connectivity index (χ4n) is 3.71. The Kier molecular flexibility index (Phi) is 4.05. The number of hydrogen-bond acceptors (Lipinski definition) is 4. The van der Waals surface area contributed by atoms with E-state index >= 15 is 0 Å². The van der Waals surface area contributed by atoms with Gasteiger partial charge in [0.2, 0.25) is 0 Å². The first-order valence-corrected chi connectivity index (χ1v) is 8.45. The third kappa shape index (κ3) is 2.35. The van der Waals surface area contributed by atoms with Gasteiger partial charge in [0, 0.05) is 25.4 Å². The van der Waals surface area contributed by atoms with Crippen molar-refractivity contribution in [3.63, 3.8) is 0 Å². The smallest absolute Gasteiger partial charge is 0.315 e. The molecule has 1 aliphatic rings. The first-order chi connectivity index (χ1) is 12.2. The second-order valence-corrected chi connectivity index (χ2v) is 6.49. The Morgan fingerprint density at radius 3 is 2.88 bits per heavy atom. The Balaban J connectivity index is 0.00000168. The van der Waals surface area contributed by atoms with Crippen LogP contribution < -0.4 is 11.0 Å². The first-order valence-electron chi connectivity index (χ1n) is 8.45. The van der Waals surface area contributed by atoms with E-state index in [4.69, 9.17) is 4.98 Å². The van der Waals surface area contributed by atoms with Gasteiger partial charge >= 0.3 is 5.69 Å². The third-order valence-corrected chi connectivity index (χ3v) is 5.04. The molecule has 1 fully saturated rings. The van der Waals surface area contributed by atoms with Crippen LogP contribution in [0.5, 0.6) is 0 Å². The molecule has 0 aliphatic carbocycles. The Morgan fingerprint density at radius 1 is 1.19 bits per heavy atom. The highest BCUT2D eigenvalue weighted by Crippen LogP contribution is 2.26. The molecule has 1 N–H and O–H groups in total. The lowest BCUT2D eigenvalue weighted by Gasteiger charge is -2.10. The van der Waals surface area contributed by atoms with Gasteiger partial charge in [-0.3, -0.25) is 9.13 Å². The summed E-state index contributed by atoms with van der Waals surface area (Å²) in [7, 11) is 1.81. The Bertz CT molecular complexity index is 1150. The summed E-state index contributed by atoms with van der Waals surface area (Å²) in [6, 6.07) is 10.0. The minimum Gasteiger partial charge on any atom is -0.315 e. The lowest BCUT2D eigenvalue weighted by Crippen LogP contribution is -2.27. The van der Waals surface area contributed by atoms with Crippen molar-refractivity contribution in [2.45, 2.75) is 12.5 Å². The van der Waals surface area contributed by atoms with Gasteiger partial charge in [-0.05, 0) is 37.2 Å². The summed E-state index contributed by atoms with van der Waals surface area (Å²) in [6.45, 7) is 1.74. The molecule has 0 amide bonds. The van der Waals surface area contributed by atoms with Crippen LogP contribution in [0.4, 0.5) is 0 Å². The molecule has 1 saturated heterocycles. The van der Waals surface area contributed by atoms with Crippen molar-refractivity contribution in [3.8, 4) is 11.3 Å². The van der Waals surface area contributed by atoms with Gasteiger partial charge in [-0.25, -0.2) is 14.3 Å². The molecule has 0 radical (unpaired) electrons. The molecule has 8 heteroatoms. The van der Waals surface area contributed by atoms with Gasteiger partial charge in [-0.2, -0.15) is 5.10 Å². The number of aryl methyl sites for hydroxylation is 1. The fourth-order valence-corrected chi connectivity index (χ4v) is 3.71. The van der Waals surface area contributed by atoms with Crippen molar-refractivity contribution in [1.29, 1.82) is 0 Å².